The molecule has 0 spiro atoms. The summed E-state index contributed by atoms with van der Waals surface area (Å²) >= 11 is 0. The molecule has 5 nitrogen and oxygen atoms in total. The molecule has 0 unspecified atom stereocenters. The molecular formula is C30H30O5. The molecule has 5 heteroatoms. The van der Waals surface area contributed by atoms with Crippen LogP contribution in [0.15, 0.2) is 84.9 Å². The summed E-state index contributed by atoms with van der Waals surface area (Å²) in [6.07, 6.45) is 9.66. The number of ketones is 1. The average molecular weight is 471 g/mol. The van der Waals surface area contributed by atoms with Crippen LogP contribution in [-0.2, 0) is 4.79 Å². The zero-order valence-corrected chi connectivity index (χ0v) is 20.1. The summed E-state index contributed by atoms with van der Waals surface area (Å²) in [7, 11) is 1.61. The van der Waals surface area contributed by atoms with E-state index in [9.17, 15) is 9.59 Å². The minimum absolute atomic E-state index is 0.142. The van der Waals surface area contributed by atoms with Crippen molar-refractivity contribution in [3.8, 4) is 17.2 Å². The van der Waals surface area contributed by atoms with Crippen LogP contribution in [0.5, 0.6) is 17.2 Å². The molecule has 0 aliphatic heterocycles. The van der Waals surface area contributed by atoms with Crippen LogP contribution in [0.4, 0.5) is 0 Å². The van der Waals surface area contributed by atoms with Crippen molar-refractivity contribution < 1.29 is 23.8 Å². The Balaban J connectivity index is 1.48. The summed E-state index contributed by atoms with van der Waals surface area (Å²) in [4.78, 5) is 24.6. The predicted octanol–water partition coefficient (Wildman–Crippen LogP) is 6.78. The molecule has 3 rings (SSSR count). The van der Waals surface area contributed by atoms with Gasteiger partial charge in [-0.05, 0) is 78.2 Å². The number of benzene rings is 3. The van der Waals surface area contributed by atoms with Gasteiger partial charge in [0.15, 0.2) is 5.78 Å². The van der Waals surface area contributed by atoms with Gasteiger partial charge in [0.1, 0.15) is 17.2 Å². The van der Waals surface area contributed by atoms with Crippen LogP contribution in [0.3, 0.4) is 0 Å². The second kappa shape index (κ2) is 13.6. The molecule has 0 aliphatic rings. The largest absolute Gasteiger partial charge is 0.497 e. The Hall–Kier alpha value is -4.12. The number of hydrogen-bond acceptors (Lipinski definition) is 5. The second-order valence-corrected chi connectivity index (χ2v) is 7.87. The van der Waals surface area contributed by atoms with Gasteiger partial charge in [-0.25, -0.2) is 4.79 Å². The number of hydrogen-bond donors (Lipinski definition) is 0. The quantitative estimate of drug-likeness (QED) is 0.0960. The topological polar surface area (TPSA) is 61.8 Å². The highest BCUT2D eigenvalue weighted by Crippen LogP contribution is 2.17. The Labute approximate surface area is 206 Å². The van der Waals surface area contributed by atoms with E-state index in [1.165, 1.54) is 12.2 Å². The molecule has 0 bridgehead atoms. The van der Waals surface area contributed by atoms with Gasteiger partial charge in [-0.15, -0.1) is 0 Å². The first-order valence-electron chi connectivity index (χ1n) is 11.7. The van der Waals surface area contributed by atoms with E-state index < -0.39 is 5.97 Å². The summed E-state index contributed by atoms with van der Waals surface area (Å²) in [5.41, 5.74) is 2.26. The lowest BCUT2D eigenvalue weighted by atomic mass is 10.1. The third-order valence-electron chi connectivity index (χ3n) is 5.21. The number of carbonyl (C=O) groups excluding carboxylic acids is 2. The van der Waals surface area contributed by atoms with Crippen molar-refractivity contribution >= 4 is 23.9 Å². The van der Waals surface area contributed by atoms with Crippen LogP contribution >= 0.6 is 0 Å². The normalized spacial score (nSPS) is 11.0. The molecule has 0 aliphatic carbocycles. The lowest BCUT2D eigenvalue weighted by Crippen LogP contribution is -2.04. The van der Waals surface area contributed by atoms with Crippen molar-refractivity contribution in [2.75, 3.05) is 13.7 Å². The molecule has 0 heterocycles. The molecule has 0 fully saturated rings. The summed E-state index contributed by atoms with van der Waals surface area (Å²) in [6.45, 7) is 2.87. The lowest BCUT2D eigenvalue weighted by Gasteiger charge is -2.05. The van der Waals surface area contributed by atoms with E-state index in [1.54, 1.807) is 43.5 Å². The summed E-state index contributed by atoms with van der Waals surface area (Å²) in [5.74, 6) is 1.30. The molecule has 3 aromatic carbocycles. The van der Waals surface area contributed by atoms with Gasteiger partial charge in [0.25, 0.3) is 0 Å². The van der Waals surface area contributed by atoms with Crippen LogP contribution < -0.4 is 14.2 Å². The monoisotopic (exact) mass is 470 g/mol. The van der Waals surface area contributed by atoms with Crippen LogP contribution in [0, 0.1) is 0 Å². The van der Waals surface area contributed by atoms with Gasteiger partial charge in [0.2, 0.25) is 0 Å². The van der Waals surface area contributed by atoms with Crippen LogP contribution in [0.25, 0.3) is 12.2 Å². The van der Waals surface area contributed by atoms with E-state index in [0.717, 1.165) is 41.9 Å². The smallest absolute Gasteiger partial charge is 0.336 e. The number of allylic oxidation sites excluding steroid dienone is 1. The molecule has 0 N–H and O–H groups in total. The van der Waals surface area contributed by atoms with Gasteiger partial charge >= 0.3 is 5.97 Å². The van der Waals surface area contributed by atoms with E-state index >= 15 is 0 Å². The second-order valence-electron chi connectivity index (χ2n) is 7.87. The van der Waals surface area contributed by atoms with Gasteiger partial charge < -0.3 is 14.2 Å². The van der Waals surface area contributed by atoms with E-state index in [1.807, 2.05) is 48.5 Å². The molecule has 0 aromatic heterocycles. The van der Waals surface area contributed by atoms with Gasteiger partial charge in [0.05, 0.1) is 13.7 Å². The SMILES string of the molecule is CCCCCOc1ccc(/C=C/C(=O)Oc2ccc(C(=O)/C=C/c3ccc(OC)cc3)cc2)cc1. The Morgan fingerprint density at radius 3 is 1.89 bits per heavy atom. The number of esters is 1. The minimum Gasteiger partial charge on any atom is -0.497 e. The third-order valence-corrected chi connectivity index (χ3v) is 5.21. The predicted molar refractivity (Wildman–Crippen MR) is 139 cm³/mol. The van der Waals surface area contributed by atoms with E-state index in [-0.39, 0.29) is 5.78 Å². The van der Waals surface area contributed by atoms with Gasteiger partial charge in [-0.1, -0.05) is 50.1 Å². The summed E-state index contributed by atoms with van der Waals surface area (Å²) in [5, 5.41) is 0. The van der Waals surface area contributed by atoms with Crippen molar-refractivity contribution in [2.24, 2.45) is 0 Å². The number of methoxy groups -OCH3 is 1. The van der Waals surface area contributed by atoms with Crippen LogP contribution in [0.2, 0.25) is 0 Å². The summed E-state index contributed by atoms with van der Waals surface area (Å²) < 4.78 is 16.1. The number of ether oxygens (including phenoxy) is 3. The Morgan fingerprint density at radius 2 is 1.29 bits per heavy atom. The number of rotatable bonds is 12. The first-order chi connectivity index (χ1) is 17.1. The van der Waals surface area contributed by atoms with Crippen LogP contribution in [-0.4, -0.2) is 25.5 Å². The maximum absolute atomic E-state index is 12.4. The number of unbranched alkanes of at least 4 members (excludes halogenated alkanes) is 2. The molecule has 3 aromatic rings. The van der Waals surface area contributed by atoms with Crippen molar-refractivity contribution in [1.82, 2.24) is 0 Å². The van der Waals surface area contributed by atoms with Gasteiger partial charge in [-0.3, -0.25) is 4.79 Å². The highest BCUT2D eigenvalue weighted by Gasteiger charge is 2.05. The maximum Gasteiger partial charge on any atom is 0.336 e. The van der Waals surface area contributed by atoms with Crippen molar-refractivity contribution in [2.45, 2.75) is 26.2 Å². The fourth-order valence-electron chi connectivity index (χ4n) is 3.20. The van der Waals surface area contributed by atoms with E-state index in [4.69, 9.17) is 14.2 Å². The maximum atomic E-state index is 12.4. The Kier molecular flexibility index (Phi) is 9.88. The molecule has 0 saturated heterocycles. The van der Waals surface area contributed by atoms with Crippen molar-refractivity contribution in [3.63, 3.8) is 0 Å². The molecular weight excluding hydrogens is 440 g/mol. The first-order valence-corrected chi connectivity index (χ1v) is 11.7. The molecule has 0 amide bonds. The highest BCUT2D eigenvalue weighted by atomic mass is 16.5. The van der Waals surface area contributed by atoms with Crippen molar-refractivity contribution in [3.05, 3.63) is 102 Å². The van der Waals surface area contributed by atoms with Gasteiger partial charge in [-0.2, -0.15) is 0 Å². The molecule has 0 radical (unpaired) electrons. The van der Waals surface area contributed by atoms with E-state index in [0.29, 0.717) is 17.9 Å². The summed E-state index contributed by atoms with van der Waals surface area (Å²) in [6, 6.07) is 21.4. The molecule has 35 heavy (non-hydrogen) atoms. The third kappa shape index (κ3) is 8.63. The van der Waals surface area contributed by atoms with Crippen molar-refractivity contribution in [1.29, 1.82) is 0 Å². The van der Waals surface area contributed by atoms with E-state index in [2.05, 4.69) is 6.92 Å². The number of carbonyl (C=O) groups is 2. The Morgan fingerprint density at radius 1 is 0.714 bits per heavy atom. The zero-order chi connectivity index (χ0) is 24.9. The molecule has 0 atom stereocenters. The fraction of sp³-hybridized carbons (Fsp3) is 0.200. The standard InChI is InChI=1S/C30H30O5/c1-3-4-5-22-34-27-16-8-24(9-17-27)11-21-30(32)35-28-18-12-25(13-19-28)29(31)20-10-23-6-14-26(33-2)15-7-23/h6-21H,3-5,22H2,1-2H3/b20-10+,21-11+. The van der Waals surface area contributed by atoms with Crippen LogP contribution in [0.1, 0.15) is 47.7 Å². The molecule has 0 saturated carbocycles. The lowest BCUT2D eigenvalue weighted by molar-refractivity contribution is -0.128. The highest BCUT2D eigenvalue weighted by molar-refractivity contribution is 6.06. The molecule has 180 valence electrons. The fourth-order valence-corrected chi connectivity index (χ4v) is 3.20. The minimum atomic E-state index is -0.497. The zero-order valence-electron chi connectivity index (χ0n) is 20.1. The Bertz CT molecular complexity index is 1140. The first kappa shape index (κ1) is 25.5. The average Bonchev–Trinajstić information content (AvgIpc) is 2.90. The van der Waals surface area contributed by atoms with Gasteiger partial charge in [0, 0.05) is 11.6 Å².